The van der Waals surface area contributed by atoms with Gasteiger partial charge in [-0.2, -0.15) is 0 Å². The molecular weight excluding hydrogens is 304 g/mol. The molecule has 0 bridgehead atoms. The highest BCUT2D eigenvalue weighted by Gasteiger charge is 2.25. The average Bonchev–Trinajstić information content (AvgIpc) is 3.08. The first-order valence-electron chi connectivity index (χ1n) is 8.23. The minimum absolute atomic E-state index is 0.0113. The molecule has 0 radical (unpaired) electrons. The van der Waals surface area contributed by atoms with Crippen LogP contribution in [0.2, 0.25) is 0 Å². The highest BCUT2D eigenvalue weighted by molar-refractivity contribution is 5.95. The highest BCUT2D eigenvalue weighted by atomic mass is 16.3. The summed E-state index contributed by atoms with van der Waals surface area (Å²) in [6.07, 6.45) is 4.50. The summed E-state index contributed by atoms with van der Waals surface area (Å²) in [6.45, 7) is 5.26. The maximum atomic E-state index is 12.4. The van der Waals surface area contributed by atoms with Crippen molar-refractivity contribution in [3.8, 4) is 0 Å². The van der Waals surface area contributed by atoms with Gasteiger partial charge in [0.25, 0.3) is 11.8 Å². The van der Waals surface area contributed by atoms with Gasteiger partial charge in [-0.15, -0.1) is 0 Å². The number of benzene rings is 1. The molecule has 1 aromatic heterocycles. The molecule has 0 saturated carbocycles. The normalized spacial score (nSPS) is 15.3. The maximum Gasteiger partial charge on any atom is 0.257 e. The molecule has 1 aliphatic rings. The fourth-order valence-electron chi connectivity index (χ4n) is 3.17. The summed E-state index contributed by atoms with van der Waals surface area (Å²) < 4.78 is 4.96. The van der Waals surface area contributed by atoms with Crippen molar-refractivity contribution >= 4 is 11.8 Å². The van der Waals surface area contributed by atoms with E-state index in [0.29, 0.717) is 24.2 Å². The van der Waals surface area contributed by atoms with Crippen LogP contribution in [-0.4, -0.2) is 35.8 Å². The van der Waals surface area contributed by atoms with E-state index in [0.717, 1.165) is 24.0 Å². The van der Waals surface area contributed by atoms with E-state index in [-0.39, 0.29) is 17.9 Å². The summed E-state index contributed by atoms with van der Waals surface area (Å²) in [4.78, 5) is 26.5. The molecule has 1 aromatic carbocycles. The Morgan fingerprint density at radius 1 is 1.08 bits per heavy atom. The van der Waals surface area contributed by atoms with Gasteiger partial charge in [-0.3, -0.25) is 9.59 Å². The topological polar surface area (TPSA) is 62.6 Å². The highest BCUT2D eigenvalue weighted by Crippen LogP contribution is 2.16. The first-order valence-corrected chi connectivity index (χ1v) is 8.23. The molecule has 2 heterocycles. The van der Waals surface area contributed by atoms with Gasteiger partial charge in [0.05, 0.1) is 11.8 Å². The van der Waals surface area contributed by atoms with E-state index in [1.165, 1.54) is 12.5 Å². The Labute approximate surface area is 141 Å². The number of rotatable bonds is 3. The van der Waals surface area contributed by atoms with Crippen LogP contribution in [0.5, 0.6) is 0 Å². The SMILES string of the molecule is Cc1cc(C)cc(C(=O)NC2CCN(C(=O)c3ccoc3)CC2)c1. The zero-order valence-electron chi connectivity index (χ0n) is 14.0. The molecule has 1 N–H and O–H groups in total. The Morgan fingerprint density at radius 2 is 1.75 bits per heavy atom. The number of furan rings is 1. The zero-order chi connectivity index (χ0) is 17.1. The second kappa shape index (κ2) is 6.91. The van der Waals surface area contributed by atoms with Crippen molar-refractivity contribution in [1.82, 2.24) is 10.2 Å². The standard InChI is InChI=1S/C19H22N2O3/c1-13-9-14(2)11-16(10-13)18(22)20-17-3-6-21(7-4-17)19(23)15-5-8-24-12-15/h5,8-12,17H,3-4,6-7H2,1-2H3,(H,20,22). The number of hydrogen-bond donors (Lipinski definition) is 1. The van der Waals surface area contributed by atoms with Crippen LogP contribution >= 0.6 is 0 Å². The largest absolute Gasteiger partial charge is 0.472 e. The number of amides is 2. The molecule has 0 unspecified atom stereocenters. The van der Waals surface area contributed by atoms with E-state index >= 15 is 0 Å². The molecule has 2 aromatic rings. The number of aryl methyl sites for hydroxylation is 2. The Morgan fingerprint density at radius 3 is 2.33 bits per heavy atom. The number of carbonyl (C=O) groups is 2. The second-order valence-electron chi connectivity index (χ2n) is 6.43. The van der Waals surface area contributed by atoms with Crippen LogP contribution in [0.1, 0.15) is 44.7 Å². The molecule has 5 nitrogen and oxygen atoms in total. The maximum absolute atomic E-state index is 12.4. The second-order valence-corrected chi connectivity index (χ2v) is 6.43. The molecule has 2 amide bonds. The predicted molar refractivity (Wildman–Crippen MR) is 91.0 cm³/mol. The Hall–Kier alpha value is -2.56. The predicted octanol–water partition coefficient (Wildman–Crippen LogP) is 2.93. The molecule has 3 rings (SSSR count). The van der Waals surface area contributed by atoms with Gasteiger partial charge in [0, 0.05) is 24.7 Å². The molecule has 1 aliphatic heterocycles. The summed E-state index contributed by atoms with van der Waals surface area (Å²) in [6, 6.07) is 7.64. The monoisotopic (exact) mass is 326 g/mol. The summed E-state index contributed by atoms with van der Waals surface area (Å²) in [5, 5.41) is 3.09. The average molecular weight is 326 g/mol. The zero-order valence-corrected chi connectivity index (χ0v) is 14.0. The summed E-state index contributed by atoms with van der Waals surface area (Å²) in [5.41, 5.74) is 3.44. The molecule has 0 spiro atoms. The van der Waals surface area contributed by atoms with Crippen molar-refractivity contribution in [1.29, 1.82) is 0 Å². The number of hydrogen-bond acceptors (Lipinski definition) is 3. The van der Waals surface area contributed by atoms with Crippen LogP contribution in [0.4, 0.5) is 0 Å². The van der Waals surface area contributed by atoms with Crippen LogP contribution in [0.3, 0.4) is 0 Å². The van der Waals surface area contributed by atoms with Crippen LogP contribution < -0.4 is 5.32 Å². The number of nitrogens with one attached hydrogen (secondary N) is 1. The summed E-state index contributed by atoms with van der Waals surface area (Å²) in [5.74, 6) is -0.0516. The third kappa shape index (κ3) is 3.67. The number of carbonyl (C=O) groups excluding carboxylic acids is 2. The molecule has 0 atom stereocenters. The number of piperidine rings is 1. The molecule has 1 saturated heterocycles. The fraction of sp³-hybridized carbons (Fsp3) is 0.368. The lowest BCUT2D eigenvalue weighted by atomic mass is 10.0. The summed E-state index contributed by atoms with van der Waals surface area (Å²) in [7, 11) is 0. The smallest absolute Gasteiger partial charge is 0.257 e. The van der Waals surface area contributed by atoms with Crippen molar-refractivity contribution in [3.05, 3.63) is 59.0 Å². The minimum atomic E-state index is -0.0404. The van der Waals surface area contributed by atoms with Gasteiger partial charge in [-0.05, 0) is 44.9 Å². The van der Waals surface area contributed by atoms with Gasteiger partial charge in [-0.25, -0.2) is 0 Å². The van der Waals surface area contributed by atoms with Crippen LogP contribution in [-0.2, 0) is 0 Å². The van der Waals surface area contributed by atoms with Gasteiger partial charge in [0.2, 0.25) is 0 Å². The number of nitrogens with zero attached hydrogens (tertiary/aromatic N) is 1. The van der Waals surface area contributed by atoms with Gasteiger partial charge in [0.15, 0.2) is 0 Å². The fourth-order valence-corrected chi connectivity index (χ4v) is 3.17. The van der Waals surface area contributed by atoms with Crippen LogP contribution in [0.15, 0.2) is 41.2 Å². The molecule has 126 valence electrons. The quantitative estimate of drug-likeness (QED) is 0.943. The Balaban J connectivity index is 1.55. The van der Waals surface area contributed by atoms with Gasteiger partial charge in [0.1, 0.15) is 6.26 Å². The molecule has 1 fully saturated rings. The van der Waals surface area contributed by atoms with E-state index < -0.39 is 0 Å². The van der Waals surface area contributed by atoms with Gasteiger partial charge < -0.3 is 14.6 Å². The third-order valence-electron chi connectivity index (χ3n) is 4.37. The first kappa shape index (κ1) is 16.3. The van der Waals surface area contributed by atoms with E-state index in [4.69, 9.17) is 4.42 Å². The van der Waals surface area contributed by atoms with Crippen molar-refractivity contribution in [2.45, 2.75) is 32.7 Å². The van der Waals surface area contributed by atoms with E-state index in [1.807, 2.05) is 30.9 Å². The lowest BCUT2D eigenvalue weighted by Gasteiger charge is -2.32. The van der Waals surface area contributed by atoms with Crippen molar-refractivity contribution in [3.63, 3.8) is 0 Å². The van der Waals surface area contributed by atoms with E-state index in [1.54, 1.807) is 6.07 Å². The first-order chi connectivity index (χ1) is 11.5. The third-order valence-corrected chi connectivity index (χ3v) is 4.37. The lowest BCUT2D eigenvalue weighted by molar-refractivity contribution is 0.0697. The van der Waals surface area contributed by atoms with Crippen LogP contribution in [0.25, 0.3) is 0 Å². The molecular formula is C19H22N2O3. The lowest BCUT2D eigenvalue weighted by Crippen LogP contribution is -2.46. The Bertz CT molecular complexity index is 709. The molecule has 0 aliphatic carbocycles. The van der Waals surface area contributed by atoms with Crippen molar-refractivity contribution in [2.75, 3.05) is 13.1 Å². The van der Waals surface area contributed by atoms with E-state index in [2.05, 4.69) is 11.4 Å². The number of likely N-dealkylation sites (tertiary alicyclic amines) is 1. The molecule has 24 heavy (non-hydrogen) atoms. The van der Waals surface area contributed by atoms with Gasteiger partial charge >= 0.3 is 0 Å². The van der Waals surface area contributed by atoms with Crippen molar-refractivity contribution < 1.29 is 14.0 Å². The summed E-state index contributed by atoms with van der Waals surface area (Å²) >= 11 is 0. The van der Waals surface area contributed by atoms with Gasteiger partial charge in [-0.1, -0.05) is 17.2 Å². The minimum Gasteiger partial charge on any atom is -0.472 e. The van der Waals surface area contributed by atoms with Crippen LogP contribution in [0, 0.1) is 13.8 Å². The molecule has 5 heteroatoms. The van der Waals surface area contributed by atoms with E-state index in [9.17, 15) is 9.59 Å². The Kier molecular flexibility index (Phi) is 4.69. The van der Waals surface area contributed by atoms with Crippen molar-refractivity contribution in [2.24, 2.45) is 0 Å².